The molecular weight excluding hydrogens is 411 g/mol. The molecule has 0 amide bonds. The molecule has 0 radical (unpaired) electrons. The van der Waals surface area contributed by atoms with Crippen LogP contribution in [0.5, 0.6) is 5.75 Å². The average Bonchev–Trinajstić information content (AvgIpc) is 3.31. The Hall–Kier alpha value is -4.14. The Morgan fingerprint density at radius 2 is 1.84 bits per heavy atom. The predicted molar refractivity (Wildman–Crippen MR) is 120 cm³/mol. The van der Waals surface area contributed by atoms with Gasteiger partial charge in [-0.2, -0.15) is 4.98 Å². The molecular formula is C23H21FN6O2. The quantitative estimate of drug-likeness (QED) is 0.389. The van der Waals surface area contributed by atoms with E-state index in [4.69, 9.17) is 9.15 Å². The van der Waals surface area contributed by atoms with Crippen molar-refractivity contribution in [1.82, 2.24) is 15.0 Å². The van der Waals surface area contributed by atoms with Crippen LogP contribution in [-0.2, 0) is 0 Å². The molecule has 0 fully saturated rings. The highest BCUT2D eigenvalue weighted by molar-refractivity contribution is 5.70. The van der Waals surface area contributed by atoms with E-state index in [-0.39, 0.29) is 17.3 Å². The van der Waals surface area contributed by atoms with E-state index in [1.807, 2.05) is 42.5 Å². The maximum Gasteiger partial charge on any atom is 0.229 e. The monoisotopic (exact) mass is 432 g/mol. The summed E-state index contributed by atoms with van der Waals surface area (Å²) in [5.41, 5.74) is 2.92. The Balaban J connectivity index is 1.33. The van der Waals surface area contributed by atoms with Crippen molar-refractivity contribution in [1.29, 1.82) is 0 Å². The molecule has 162 valence electrons. The Morgan fingerprint density at radius 1 is 1.03 bits per heavy atom. The SMILES string of the molecule is CC1(C)COc2ccc(Nc3nc(Nc4ccc(-c5ncco5)cc4)ncc3F)cc2N1. The largest absolute Gasteiger partial charge is 0.489 e. The van der Waals surface area contributed by atoms with Crippen molar-refractivity contribution in [3.63, 3.8) is 0 Å². The molecule has 0 aliphatic carbocycles. The Morgan fingerprint density at radius 3 is 2.62 bits per heavy atom. The number of oxazole rings is 1. The van der Waals surface area contributed by atoms with Crippen LogP contribution in [0, 0.1) is 5.82 Å². The highest BCUT2D eigenvalue weighted by Gasteiger charge is 2.25. The summed E-state index contributed by atoms with van der Waals surface area (Å²) in [5, 5.41) is 9.52. The van der Waals surface area contributed by atoms with Gasteiger partial charge in [0.15, 0.2) is 11.6 Å². The maximum atomic E-state index is 14.4. The van der Waals surface area contributed by atoms with Gasteiger partial charge in [-0.3, -0.25) is 0 Å². The average molecular weight is 432 g/mol. The first-order valence-corrected chi connectivity index (χ1v) is 10.1. The number of aromatic nitrogens is 3. The zero-order valence-electron chi connectivity index (χ0n) is 17.5. The molecule has 3 heterocycles. The van der Waals surface area contributed by atoms with E-state index in [0.29, 0.717) is 18.2 Å². The van der Waals surface area contributed by atoms with Gasteiger partial charge in [-0.15, -0.1) is 0 Å². The fourth-order valence-corrected chi connectivity index (χ4v) is 3.33. The summed E-state index contributed by atoms with van der Waals surface area (Å²) in [6.45, 7) is 4.67. The molecule has 2 aromatic heterocycles. The predicted octanol–water partition coefficient (Wildman–Crippen LogP) is 5.34. The molecule has 0 spiro atoms. The Bertz CT molecular complexity index is 1240. The highest BCUT2D eigenvalue weighted by atomic mass is 19.1. The first-order chi connectivity index (χ1) is 15.4. The second-order valence-electron chi connectivity index (χ2n) is 8.06. The number of halogens is 1. The third-order valence-corrected chi connectivity index (χ3v) is 4.87. The fraction of sp³-hybridized carbons (Fsp3) is 0.174. The van der Waals surface area contributed by atoms with Crippen molar-refractivity contribution >= 4 is 28.8 Å². The van der Waals surface area contributed by atoms with Crippen LogP contribution in [0.25, 0.3) is 11.5 Å². The fourth-order valence-electron chi connectivity index (χ4n) is 3.33. The van der Waals surface area contributed by atoms with Crippen LogP contribution >= 0.6 is 0 Å². The van der Waals surface area contributed by atoms with Gasteiger partial charge in [-0.05, 0) is 56.3 Å². The van der Waals surface area contributed by atoms with Gasteiger partial charge >= 0.3 is 0 Å². The molecule has 3 N–H and O–H groups in total. The van der Waals surface area contributed by atoms with Crippen molar-refractivity contribution in [2.45, 2.75) is 19.4 Å². The van der Waals surface area contributed by atoms with Crippen LogP contribution in [-0.4, -0.2) is 27.1 Å². The van der Waals surface area contributed by atoms with Crippen LogP contribution in [0.15, 0.2) is 65.5 Å². The smallest absolute Gasteiger partial charge is 0.229 e. The van der Waals surface area contributed by atoms with Gasteiger partial charge in [0.2, 0.25) is 11.8 Å². The van der Waals surface area contributed by atoms with Gasteiger partial charge in [0.25, 0.3) is 0 Å². The van der Waals surface area contributed by atoms with Crippen LogP contribution in [0.3, 0.4) is 0 Å². The minimum Gasteiger partial charge on any atom is -0.489 e. The lowest BCUT2D eigenvalue weighted by Crippen LogP contribution is -2.40. The minimum atomic E-state index is -0.558. The molecule has 9 heteroatoms. The zero-order chi connectivity index (χ0) is 22.1. The molecule has 0 saturated heterocycles. The van der Waals surface area contributed by atoms with Gasteiger partial charge in [-0.1, -0.05) is 0 Å². The number of anilines is 5. The number of fused-ring (bicyclic) bond motifs is 1. The molecule has 32 heavy (non-hydrogen) atoms. The molecule has 1 aliphatic rings. The molecule has 2 aromatic carbocycles. The van der Waals surface area contributed by atoms with Crippen molar-refractivity contribution in [2.75, 3.05) is 22.6 Å². The molecule has 4 aromatic rings. The van der Waals surface area contributed by atoms with E-state index in [1.54, 1.807) is 6.20 Å². The summed E-state index contributed by atoms with van der Waals surface area (Å²) >= 11 is 0. The minimum absolute atomic E-state index is 0.0647. The number of hydrogen-bond donors (Lipinski definition) is 3. The molecule has 5 rings (SSSR count). The van der Waals surface area contributed by atoms with Crippen LogP contribution in [0.4, 0.5) is 33.2 Å². The summed E-state index contributed by atoms with van der Waals surface area (Å²) in [6, 6.07) is 12.9. The number of hydrogen-bond acceptors (Lipinski definition) is 8. The third kappa shape index (κ3) is 4.18. The van der Waals surface area contributed by atoms with Gasteiger partial charge in [-0.25, -0.2) is 14.4 Å². The summed E-state index contributed by atoms with van der Waals surface area (Å²) in [6.07, 6.45) is 4.24. The third-order valence-electron chi connectivity index (χ3n) is 4.87. The number of ether oxygens (including phenoxy) is 1. The number of benzene rings is 2. The Kier molecular flexibility index (Phi) is 4.85. The lowest BCUT2D eigenvalue weighted by Gasteiger charge is -2.33. The lowest BCUT2D eigenvalue weighted by molar-refractivity contribution is 0.242. The molecule has 0 bridgehead atoms. The summed E-state index contributed by atoms with van der Waals surface area (Å²) in [5.74, 6) is 1.06. The van der Waals surface area contributed by atoms with Gasteiger partial charge in [0, 0.05) is 16.9 Å². The number of rotatable bonds is 5. The molecule has 0 atom stereocenters. The second kappa shape index (κ2) is 7.84. The molecule has 8 nitrogen and oxygen atoms in total. The maximum absolute atomic E-state index is 14.4. The molecule has 0 unspecified atom stereocenters. The Labute approximate surface area is 183 Å². The second-order valence-corrected chi connectivity index (χ2v) is 8.06. The van der Waals surface area contributed by atoms with Crippen LogP contribution in [0.2, 0.25) is 0 Å². The van der Waals surface area contributed by atoms with Crippen LogP contribution < -0.4 is 20.7 Å². The standard InChI is InChI=1S/C23H21FN6O2/c1-23(2)13-32-19-8-7-16(11-18(19)30-23)27-20-17(24)12-26-22(29-20)28-15-5-3-14(4-6-15)21-25-9-10-31-21/h3-12,30H,13H2,1-2H3,(H2,26,27,28,29). The number of nitrogens with one attached hydrogen (secondary N) is 3. The molecule has 0 saturated carbocycles. The lowest BCUT2D eigenvalue weighted by atomic mass is 10.0. The van der Waals surface area contributed by atoms with E-state index in [0.717, 1.165) is 28.9 Å². The summed E-state index contributed by atoms with van der Waals surface area (Å²) in [4.78, 5) is 12.4. The van der Waals surface area contributed by atoms with Crippen molar-refractivity contribution < 1.29 is 13.5 Å². The van der Waals surface area contributed by atoms with Gasteiger partial charge in [0.1, 0.15) is 18.6 Å². The van der Waals surface area contributed by atoms with Crippen molar-refractivity contribution in [3.8, 4) is 17.2 Å². The van der Waals surface area contributed by atoms with E-state index in [9.17, 15) is 4.39 Å². The van der Waals surface area contributed by atoms with E-state index >= 15 is 0 Å². The van der Waals surface area contributed by atoms with E-state index in [1.165, 1.54) is 6.26 Å². The first-order valence-electron chi connectivity index (χ1n) is 10.1. The van der Waals surface area contributed by atoms with E-state index in [2.05, 4.69) is 44.7 Å². The van der Waals surface area contributed by atoms with E-state index < -0.39 is 5.82 Å². The zero-order valence-corrected chi connectivity index (χ0v) is 17.5. The normalized spacial score (nSPS) is 14.1. The van der Waals surface area contributed by atoms with Crippen molar-refractivity contribution in [3.05, 3.63) is 66.9 Å². The highest BCUT2D eigenvalue weighted by Crippen LogP contribution is 2.35. The number of nitrogens with zero attached hydrogens (tertiary/aromatic N) is 3. The first kappa shape index (κ1) is 19.8. The molecule has 1 aliphatic heterocycles. The summed E-state index contributed by atoms with van der Waals surface area (Å²) < 4.78 is 25.5. The van der Waals surface area contributed by atoms with Gasteiger partial charge in [0.05, 0.1) is 23.6 Å². The topological polar surface area (TPSA) is 97.1 Å². The summed E-state index contributed by atoms with van der Waals surface area (Å²) in [7, 11) is 0. The van der Waals surface area contributed by atoms with Crippen LogP contribution in [0.1, 0.15) is 13.8 Å². The van der Waals surface area contributed by atoms with Gasteiger partial charge < -0.3 is 25.1 Å². The van der Waals surface area contributed by atoms with Crippen molar-refractivity contribution in [2.24, 2.45) is 0 Å².